The molecule has 0 aliphatic rings. The van der Waals surface area contributed by atoms with Gasteiger partial charge in [0.1, 0.15) is 0 Å². The highest BCUT2D eigenvalue weighted by molar-refractivity contribution is 9.10. The van der Waals surface area contributed by atoms with Gasteiger partial charge in [-0.25, -0.2) is 0 Å². The molecule has 0 heterocycles. The Morgan fingerprint density at radius 3 is 2.32 bits per heavy atom. The van der Waals surface area contributed by atoms with Gasteiger partial charge in [0.2, 0.25) is 11.8 Å². The second-order valence-electron chi connectivity index (χ2n) is 4.62. The van der Waals surface area contributed by atoms with Gasteiger partial charge in [-0.3, -0.25) is 9.59 Å². The molecule has 0 aliphatic heterocycles. The maximum Gasteiger partial charge on any atom is 0.238 e. The minimum Gasteiger partial charge on any atom is -0.326 e. The zero-order valence-corrected chi connectivity index (χ0v) is 13.0. The van der Waals surface area contributed by atoms with Gasteiger partial charge in [-0.15, -0.1) is 0 Å². The summed E-state index contributed by atoms with van der Waals surface area (Å²) in [5.74, 6) is 0.0703. The summed E-state index contributed by atoms with van der Waals surface area (Å²) >= 11 is 3.35. The molecular weight excluding hydrogens is 308 g/mol. The Balaban J connectivity index is 2.72. The highest BCUT2D eigenvalue weighted by Crippen LogP contribution is 2.18. The molecule has 2 amide bonds. The summed E-state index contributed by atoms with van der Waals surface area (Å²) in [6.45, 7) is 5.73. The summed E-state index contributed by atoms with van der Waals surface area (Å²) in [5.41, 5.74) is 1.35. The summed E-state index contributed by atoms with van der Waals surface area (Å²) in [7, 11) is 0. The van der Waals surface area contributed by atoms with Crippen molar-refractivity contribution in [2.45, 2.75) is 32.0 Å². The number of benzene rings is 1. The van der Waals surface area contributed by atoms with Crippen LogP contribution >= 0.6 is 15.9 Å². The fourth-order valence-corrected chi connectivity index (χ4v) is 1.55. The van der Waals surface area contributed by atoms with Gasteiger partial charge in [0.15, 0.2) is 0 Å². The average molecular weight is 327 g/mol. The molecule has 2 N–H and O–H groups in total. The predicted octanol–water partition coefficient (Wildman–Crippen LogP) is 3.39. The lowest BCUT2D eigenvalue weighted by atomic mass is 10.1. The first-order valence-electron chi connectivity index (χ1n) is 6.29. The van der Waals surface area contributed by atoms with Crippen molar-refractivity contribution in [2.24, 2.45) is 5.92 Å². The Bertz CT molecular complexity index is 461. The molecule has 1 atom stereocenters. The molecule has 1 rings (SSSR count). The van der Waals surface area contributed by atoms with Gasteiger partial charge in [-0.05, 0) is 24.1 Å². The number of nitrogens with one attached hydrogen (secondary N) is 2. The van der Waals surface area contributed by atoms with E-state index in [4.69, 9.17) is 0 Å². The van der Waals surface area contributed by atoms with E-state index in [1.54, 1.807) is 31.2 Å². The lowest BCUT2D eigenvalue weighted by molar-refractivity contribution is -0.116. The van der Waals surface area contributed by atoms with Crippen LogP contribution in [0.15, 0.2) is 24.3 Å². The van der Waals surface area contributed by atoms with E-state index in [1.165, 1.54) is 0 Å². The van der Waals surface area contributed by atoms with Crippen LogP contribution in [0.2, 0.25) is 0 Å². The van der Waals surface area contributed by atoms with Gasteiger partial charge >= 0.3 is 0 Å². The number of rotatable bonds is 5. The monoisotopic (exact) mass is 326 g/mol. The number of alkyl halides is 1. The SMILES string of the molecule is CCC(=O)Nc1cccc(NC(=O)C(Br)C(C)C)c1. The molecule has 104 valence electrons. The Labute approximate surface area is 122 Å². The van der Waals surface area contributed by atoms with Crippen LogP contribution in [0.5, 0.6) is 0 Å². The molecule has 1 aromatic carbocycles. The molecule has 0 radical (unpaired) electrons. The highest BCUT2D eigenvalue weighted by atomic mass is 79.9. The number of amides is 2. The number of carbonyl (C=O) groups excluding carboxylic acids is 2. The molecular formula is C14H19BrN2O2. The summed E-state index contributed by atoms with van der Waals surface area (Å²) in [4.78, 5) is 23.0. The van der Waals surface area contributed by atoms with Gasteiger partial charge in [0.05, 0.1) is 4.83 Å². The van der Waals surface area contributed by atoms with Gasteiger partial charge in [-0.2, -0.15) is 0 Å². The van der Waals surface area contributed by atoms with Crippen molar-refractivity contribution in [1.82, 2.24) is 0 Å². The van der Waals surface area contributed by atoms with Crippen LogP contribution < -0.4 is 10.6 Å². The van der Waals surface area contributed by atoms with Crippen molar-refractivity contribution in [2.75, 3.05) is 10.6 Å². The second-order valence-corrected chi connectivity index (χ2v) is 5.60. The maximum absolute atomic E-state index is 11.9. The fraction of sp³-hybridized carbons (Fsp3) is 0.429. The van der Waals surface area contributed by atoms with Crippen LogP contribution in [0.25, 0.3) is 0 Å². The quantitative estimate of drug-likeness (QED) is 0.815. The third-order valence-corrected chi connectivity index (χ3v) is 4.04. The lowest BCUT2D eigenvalue weighted by Crippen LogP contribution is -2.27. The van der Waals surface area contributed by atoms with E-state index in [9.17, 15) is 9.59 Å². The molecule has 0 fully saturated rings. The fourth-order valence-electron chi connectivity index (χ4n) is 1.44. The Morgan fingerprint density at radius 1 is 1.21 bits per heavy atom. The van der Waals surface area contributed by atoms with Crippen molar-refractivity contribution >= 4 is 39.1 Å². The Morgan fingerprint density at radius 2 is 1.79 bits per heavy atom. The van der Waals surface area contributed by atoms with Crippen molar-refractivity contribution < 1.29 is 9.59 Å². The minimum atomic E-state index is -0.235. The normalized spacial score (nSPS) is 12.1. The van der Waals surface area contributed by atoms with Crippen molar-refractivity contribution in [3.63, 3.8) is 0 Å². The van der Waals surface area contributed by atoms with E-state index in [1.807, 2.05) is 13.8 Å². The summed E-state index contributed by atoms with van der Waals surface area (Å²) in [6.07, 6.45) is 0.424. The molecule has 0 aromatic heterocycles. The smallest absolute Gasteiger partial charge is 0.238 e. The zero-order chi connectivity index (χ0) is 14.4. The first-order chi connectivity index (χ1) is 8.93. The average Bonchev–Trinajstić information content (AvgIpc) is 2.37. The van der Waals surface area contributed by atoms with Gasteiger partial charge < -0.3 is 10.6 Å². The molecule has 5 heteroatoms. The van der Waals surface area contributed by atoms with Crippen LogP contribution in [0, 0.1) is 5.92 Å². The van der Waals surface area contributed by atoms with E-state index < -0.39 is 0 Å². The number of hydrogen-bond acceptors (Lipinski definition) is 2. The Hall–Kier alpha value is -1.36. The largest absolute Gasteiger partial charge is 0.326 e. The van der Waals surface area contributed by atoms with Gasteiger partial charge in [0.25, 0.3) is 0 Å². The van der Waals surface area contributed by atoms with Crippen LogP contribution in [0.1, 0.15) is 27.2 Å². The number of halogens is 1. The van der Waals surface area contributed by atoms with Crippen LogP contribution in [-0.4, -0.2) is 16.6 Å². The minimum absolute atomic E-state index is 0.0518. The lowest BCUT2D eigenvalue weighted by Gasteiger charge is -2.14. The van der Waals surface area contributed by atoms with E-state index in [2.05, 4.69) is 26.6 Å². The van der Waals surface area contributed by atoms with E-state index in [0.29, 0.717) is 17.8 Å². The van der Waals surface area contributed by atoms with E-state index in [0.717, 1.165) is 0 Å². The summed E-state index contributed by atoms with van der Waals surface area (Å²) in [6, 6.07) is 7.11. The van der Waals surface area contributed by atoms with E-state index >= 15 is 0 Å². The Kier molecular flexibility index (Phi) is 6.02. The molecule has 0 aliphatic carbocycles. The topological polar surface area (TPSA) is 58.2 Å². The highest BCUT2D eigenvalue weighted by Gasteiger charge is 2.18. The summed E-state index contributed by atoms with van der Waals surface area (Å²) < 4.78 is 0. The van der Waals surface area contributed by atoms with Gasteiger partial charge in [0, 0.05) is 17.8 Å². The number of carbonyl (C=O) groups is 2. The number of hydrogen-bond donors (Lipinski definition) is 2. The molecule has 1 unspecified atom stereocenters. The third kappa shape index (κ3) is 5.03. The van der Waals surface area contributed by atoms with Crippen molar-refractivity contribution in [3.05, 3.63) is 24.3 Å². The van der Waals surface area contributed by atoms with Crippen molar-refractivity contribution in [3.8, 4) is 0 Å². The molecule has 0 saturated heterocycles. The molecule has 0 spiro atoms. The molecule has 19 heavy (non-hydrogen) atoms. The maximum atomic E-state index is 11.9. The molecule has 4 nitrogen and oxygen atoms in total. The summed E-state index contributed by atoms with van der Waals surface area (Å²) in [5, 5.41) is 5.57. The number of anilines is 2. The first-order valence-corrected chi connectivity index (χ1v) is 7.20. The van der Waals surface area contributed by atoms with Crippen LogP contribution in [-0.2, 0) is 9.59 Å². The molecule has 1 aromatic rings. The first kappa shape index (κ1) is 15.7. The second kappa shape index (κ2) is 7.28. The van der Waals surface area contributed by atoms with Gasteiger partial charge in [-0.1, -0.05) is 42.8 Å². The molecule has 0 saturated carbocycles. The van der Waals surface area contributed by atoms with Crippen LogP contribution in [0.3, 0.4) is 0 Å². The molecule has 0 bridgehead atoms. The predicted molar refractivity (Wildman–Crippen MR) is 81.5 cm³/mol. The third-order valence-electron chi connectivity index (χ3n) is 2.57. The standard InChI is InChI=1S/C14H19BrN2O2/c1-4-12(18)16-10-6-5-7-11(8-10)17-14(19)13(15)9(2)3/h5-9,13H,4H2,1-3H3,(H,16,18)(H,17,19). The van der Waals surface area contributed by atoms with E-state index in [-0.39, 0.29) is 22.6 Å². The van der Waals surface area contributed by atoms with Crippen molar-refractivity contribution in [1.29, 1.82) is 0 Å². The zero-order valence-electron chi connectivity index (χ0n) is 11.4. The van der Waals surface area contributed by atoms with Crippen LogP contribution in [0.4, 0.5) is 11.4 Å².